The van der Waals surface area contributed by atoms with Crippen molar-refractivity contribution in [2.24, 2.45) is 5.92 Å². The van der Waals surface area contributed by atoms with Crippen molar-refractivity contribution in [3.63, 3.8) is 0 Å². The summed E-state index contributed by atoms with van der Waals surface area (Å²) in [6.07, 6.45) is 5.42. The molecule has 1 fully saturated rings. The highest BCUT2D eigenvalue weighted by molar-refractivity contribution is 7.15. The van der Waals surface area contributed by atoms with Crippen molar-refractivity contribution in [2.75, 3.05) is 0 Å². The monoisotopic (exact) mass is 320 g/mol. The summed E-state index contributed by atoms with van der Waals surface area (Å²) in [4.78, 5) is 1.91. The number of halogens is 2. The number of thiophene rings is 1. The molecule has 22 heavy (non-hydrogen) atoms. The molecule has 0 saturated heterocycles. The summed E-state index contributed by atoms with van der Waals surface area (Å²) in [5.74, 6) is -0.380. The predicted octanol–water partition coefficient (Wildman–Crippen LogP) is 6.69. The summed E-state index contributed by atoms with van der Waals surface area (Å²) in [7, 11) is 0. The Morgan fingerprint density at radius 3 is 2.32 bits per heavy atom. The van der Waals surface area contributed by atoms with Crippen LogP contribution in [-0.4, -0.2) is 0 Å². The highest BCUT2D eigenvalue weighted by Gasteiger charge is 2.26. The van der Waals surface area contributed by atoms with E-state index in [0.29, 0.717) is 11.1 Å². The van der Waals surface area contributed by atoms with Crippen LogP contribution in [0.3, 0.4) is 0 Å². The van der Waals surface area contributed by atoms with Gasteiger partial charge in [0.1, 0.15) is 0 Å². The van der Waals surface area contributed by atoms with Crippen molar-refractivity contribution in [2.45, 2.75) is 51.9 Å². The lowest BCUT2D eigenvalue weighted by Crippen LogP contribution is -2.14. The third-order valence-corrected chi connectivity index (χ3v) is 6.02. The normalized spacial score (nSPS) is 22.0. The molecule has 0 aliphatic heterocycles. The molecule has 1 aromatic carbocycles. The van der Waals surface area contributed by atoms with Crippen LogP contribution in [0, 0.1) is 24.5 Å². The van der Waals surface area contributed by atoms with Gasteiger partial charge in [0.15, 0.2) is 11.6 Å². The lowest BCUT2D eigenvalue weighted by Gasteiger charge is -2.28. The molecule has 1 heterocycles. The third-order valence-electron chi connectivity index (χ3n) is 4.98. The van der Waals surface area contributed by atoms with E-state index in [1.807, 2.05) is 19.1 Å². The first-order valence-corrected chi connectivity index (χ1v) is 8.96. The minimum Gasteiger partial charge on any atom is -0.203 e. The minimum absolute atomic E-state index is 0.177. The van der Waals surface area contributed by atoms with E-state index in [2.05, 4.69) is 6.92 Å². The summed E-state index contributed by atoms with van der Waals surface area (Å²) in [5.41, 5.74) is 0.964. The number of rotatable bonds is 3. The van der Waals surface area contributed by atoms with Crippen molar-refractivity contribution in [3.05, 3.63) is 46.3 Å². The Morgan fingerprint density at radius 1 is 1.00 bits per heavy atom. The zero-order valence-corrected chi connectivity index (χ0v) is 14.0. The van der Waals surface area contributed by atoms with Crippen LogP contribution in [-0.2, 0) is 0 Å². The average Bonchev–Trinajstić information content (AvgIpc) is 2.96. The van der Waals surface area contributed by atoms with Gasteiger partial charge in [-0.2, -0.15) is 0 Å². The van der Waals surface area contributed by atoms with Crippen LogP contribution >= 0.6 is 11.3 Å². The van der Waals surface area contributed by atoms with Crippen molar-refractivity contribution in [1.82, 2.24) is 0 Å². The van der Waals surface area contributed by atoms with E-state index < -0.39 is 11.6 Å². The SMILES string of the molecule is CCC1CCC(c2ccc(-c3ccc(C)s3)c(F)c2F)CC1. The van der Waals surface area contributed by atoms with Gasteiger partial charge in [0.05, 0.1) is 0 Å². The Balaban J connectivity index is 1.87. The molecule has 0 bridgehead atoms. The molecule has 0 amide bonds. The maximum atomic E-state index is 14.5. The molecule has 1 aromatic heterocycles. The molecule has 1 saturated carbocycles. The molecule has 1 aliphatic carbocycles. The first-order valence-electron chi connectivity index (χ1n) is 8.14. The van der Waals surface area contributed by atoms with Crippen LogP contribution in [0.5, 0.6) is 0 Å². The molecule has 0 spiro atoms. The second kappa shape index (κ2) is 6.49. The van der Waals surface area contributed by atoms with Crippen molar-refractivity contribution in [1.29, 1.82) is 0 Å². The standard InChI is InChI=1S/C19H22F2S/c1-3-13-5-7-14(8-6-13)15-9-10-16(19(21)18(15)20)17-11-4-12(2)22-17/h4,9-11,13-14H,3,5-8H2,1-2H3. The number of aryl methyl sites for hydroxylation is 1. The van der Waals surface area contributed by atoms with Gasteiger partial charge in [-0.15, -0.1) is 11.3 Å². The van der Waals surface area contributed by atoms with Gasteiger partial charge in [-0.05, 0) is 62.1 Å². The van der Waals surface area contributed by atoms with Crippen molar-refractivity contribution < 1.29 is 8.78 Å². The Labute approximate surface area is 135 Å². The van der Waals surface area contributed by atoms with E-state index in [9.17, 15) is 8.78 Å². The number of benzene rings is 1. The van der Waals surface area contributed by atoms with Crippen LogP contribution in [0.1, 0.15) is 55.4 Å². The predicted molar refractivity (Wildman–Crippen MR) is 89.4 cm³/mol. The van der Waals surface area contributed by atoms with Gasteiger partial charge in [0, 0.05) is 15.3 Å². The Bertz CT molecular complexity index is 651. The van der Waals surface area contributed by atoms with Gasteiger partial charge < -0.3 is 0 Å². The second-order valence-corrected chi connectivity index (χ2v) is 7.65. The van der Waals surface area contributed by atoms with Crippen LogP contribution in [0.25, 0.3) is 10.4 Å². The Hall–Kier alpha value is -1.22. The third kappa shape index (κ3) is 2.96. The Morgan fingerprint density at radius 2 is 1.73 bits per heavy atom. The van der Waals surface area contributed by atoms with Crippen LogP contribution < -0.4 is 0 Å². The molecule has 0 unspecified atom stereocenters. The molecular weight excluding hydrogens is 298 g/mol. The fourth-order valence-corrected chi connectivity index (χ4v) is 4.42. The van der Waals surface area contributed by atoms with Crippen molar-refractivity contribution >= 4 is 11.3 Å². The lowest BCUT2D eigenvalue weighted by molar-refractivity contribution is 0.312. The second-order valence-electron chi connectivity index (χ2n) is 6.37. The maximum absolute atomic E-state index is 14.5. The fourth-order valence-electron chi connectivity index (χ4n) is 3.53. The minimum atomic E-state index is -0.683. The molecule has 0 atom stereocenters. The van der Waals surface area contributed by atoms with E-state index >= 15 is 0 Å². The molecule has 118 valence electrons. The smallest absolute Gasteiger partial charge is 0.167 e. The lowest BCUT2D eigenvalue weighted by atomic mass is 9.77. The van der Waals surface area contributed by atoms with E-state index in [1.165, 1.54) is 17.8 Å². The molecule has 1 aliphatic rings. The molecule has 0 N–H and O–H groups in total. The molecular formula is C19H22F2S. The summed E-state index contributed by atoms with van der Waals surface area (Å²) >= 11 is 1.50. The van der Waals surface area contributed by atoms with Crippen molar-refractivity contribution in [3.8, 4) is 10.4 Å². The van der Waals surface area contributed by atoms with Crippen LogP contribution in [0.2, 0.25) is 0 Å². The summed E-state index contributed by atoms with van der Waals surface area (Å²) in [5, 5.41) is 0. The number of hydrogen-bond donors (Lipinski definition) is 0. The molecule has 0 nitrogen and oxygen atoms in total. The van der Waals surface area contributed by atoms with Gasteiger partial charge >= 0.3 is 0 Å². The molecule has 3 heteroatoms. The van der Waals surface area contributed by atoms with E-state index in [0.717, 1.165) is 41.4 Å². The molecule has 3 rings (SSSR count). The zero-order valence-electron chi connectivity index (χ0n) is 13.2. The Kier molecular flexibility index (Phi) is 4.62. The first-order chi connectivity index (χ1) is 10.6. The zero-order chi connectivity index (χ0) is 15.7. The van der Waals surface area contributed by atoms with Gasteiger partial charge in [-0.25, -0.2) is 8.78 Å². The highest BCUT2D eigenvalue weighted by Crippen LogP contribution is 2.40. The topological polar surface area (TPSA) is 0 Å². The molecule has 2 aromatic rings. The van der Waals surface area contributed by atoms with E-state index in [4.69, 9.17) is 0 Å². The van der Waals surface area contributed by atoms with Gasteiger partial charge in [0.2, 0.25) is 0 Å². The fraction of sp³-hybridized carbons (Fsp3) is 0.474. The van der Waals surface area contributed by atoms with Gasteiger partial charge in [0.25, 0.3) is 0 Å². The summed E-state index contributed by atoms with van der Waals surface area (Å²) < 4.78 is 29.0. The summed E-state index contributed by atoms with van der Waals surface area (Å²) in [6, 6.07) is 7.37. The quantitative estimate of drug-likeness (QED) is 0.591. The average molecular weight is 320 g/mol. The van der Waals surface area contributed by atoms with Crippen LogP contribution in [0.15, 0.2) is 24.3 Å². The van der Waals surface area contributed by atoms with Crippen LogP contribution in [0.4, 0.5) is 8.78 Å². The maximum Gasteiger partial charge on any atom is 0.167 e. The van der Waals surface area contributed by atoms with Gasteiger partial charge in [-0.1, -0.05) is 25.5 Å². The van der Waals surface area contributed by atoms with E-state index in [-0.39, 0.29) is 5.92 Å². The largest absolute Gasteiger partial charge is 0.203 e. The van der Waals surface area contributed by atoms with Gasteiger partial charge in [-0.3, -0.25) is 0 Å². The first kappa shape index (κ1) is 15.7. The number of hydrogen-bond acceptors (Lipinski definition) is 1. The highest BCUT2D eigenvalue weighted by atomic mass is 32.1. The summed E-state index contributed by atoms with van der Waals surface area (Å²) in [6.45, 7) is 4.19. The van der Waals surface area contributed by atoms with E-state index in [1.54, 1.807) is 12.1 Å². The molecule has 0 radical (unpaired) electrons.